The molecule has 2 atom stereocenters. The van der Waals surface area contributed by atoms with Crippen LogP contribution in [0.2, 0.25) is 0 Å². The molecule has 2 unspecified atom stereocenters. The normalized spacial score (nSPS) is 15.4. The fraction of sp³-hybridized carbons (Fsp3) is 0.316. The van der Waals surface area contributed by atoms with Crippen molar-refractivity contribution in [1.82, 2.24) is 0 Å². The Kier molecular flexibility index (Phi) is 10.3. The minimum Gasteiger partial charge on any atom is -0.507 e. The Bertz CT molecular complexity index is 1680. The fourth-order valence-electron chi connectivity index (χ4n) is 5.52. The lowest BCUT2D eigenvalue weighted by Gasteiger charge is -2.36. The molecular weight excluding hydrogens is 562 g/mol. The van der Waals surface area contributed by atoms with Crippen molar-refractivity contribution in [3.63, 3.8) is 0 Å². The molecule has 45 heavy (non-hydrogen) atoms. The second-order valence-electron chi connectivity index (χ2n) is 11.7. The molecule has 0 saturated heterocycles. The van der Waals surface area contributed by atoms with Crippen molar-refractivity contribution < 1.29 is 19.7 Å². The first-order valence-electron chi connectivity index (χ1n) is 15.6. The summed E-state index contributed by atoms with van der Waals surface area (Å²) in [6, 6.07) is 27.9. The minimum absolute atomic E-state index is 0.0396. The summed E-state index contributed by atoms with van der Waals surface area (Å²) in [6.07, 6.45) is 0.600. The zero-order valence-corrected chi connectivity index (χ0v) is 26.8. The molecule has 4 aromatic rings. The molecule has 234 valence electrons. The number of aromatic hydroxyl groups is 1. The molecule has 5 rings (SSSR count). The van der Waals surface area contributed by atoms with E-state index in [1.54, 1.807) is 12.1 Å². The standard InChI is InChI=1S/C38H43N3O4/c1-6-7-19-44-23-30(42)24-45-31-15-18-34(35(43)22-31)38-40-36(32-16-13-25(2)20-27(32)4)39-37(33-17-14-26(3)21-28(33)5)41(38)29-11-9-8-10-12-29/h8-18,20-22,30,38,42-43H,6-7,19,23-24H2,1-5H3. The van der Waals surface area contributed by atoms with Crippen molar-refractivity contribution in [2.75, 3.05) is 24.7 Å². The fourth-order valence-corrected chi connectivity index (χ4v) is 5.52. The van der Waals surface area contributed by atoms with Gasteiger partial charge in [-0.3, -0.25) is 4.90 Å². The summed E-state index contributed by atoms with van der Waals surface area (Å²) >= 11 is 0. The van der Waals surface area contributed by atoms with Crippen molar-refractivity contribution in [2.24, 2.45) is 9.98 Å². The van der Waals surface area contributed by atoms with Crippen molar-refractivity contribution in [1.29, 1.82) is 0 Å². The van der Waals surface area contributed by atoms with E-state index in [-0.39, 0.29) is 19.0 Å². The Hall–Kier alpha value is -4.46. The van der Waals surface area contributed by atoms with E-state index < -0.39 is 12.3 Å². The van der Waals surface area contributed by atoms with E-state index in [0.717, 1.165) is 46.6 Å². The topological polar surface area (TPSA) is 86.9 Å². The number of hydrogen-bond acceptors (Lipinski definition) is 7. The predicted octanol–water partition coefficient (Wildman–Crippen LogP) is 7.59. The van der Waals surface area contributed by atoms with Crippen molar-refractivity contribution in [3.05, 3.63) is 124 Å². The quantitative estimate of drug-likeness (QED) is 0.163. The maximum atomic E-state index is 11.5. The molecule has 0 spiro atoms. The molecule has 0 bridgehead atoms. The molecule has 0 aromatic heterocycles. The third-order valence-corrected chi connectivity index (χ3v) is 7.88. The van der Waals surface area contributed by atoms with Crippen molar-refractivity contribution >= 4 is 17.4 Å². The smallest absolute Gasteiger partial charge is 0.159 e. The molecule has 0 fully saturated rings. The Morgan fingerprint density at radius 1 is 0.822 bits per heavy atom. The number of benzene rings is 4. The van der Waals surface area contributed by atoms with E-state index in [1.807, 2.05) is 36.4 Å². The van der Waals surface area contributed by atoms with Crippen molar-refractivity contribution in [2.45, 2.75) is 59.7 Å². The lowest BCUT2D eigenvalue weighted by molar-refractivity contribution is 0.0113. The van der Waals surface area contributed by atoms with Gasteiger partial charge in [-0.2, -0.15) is 0 Å². The van der Waals surface area contributed by atoms with Gasteiger partial charge in [0.1, 0.15) is 30.0 Å². The number of aliphatic hydroxyl groups excluding tert-OH is 1. The zero-order chi connectivity index (χ0) is 31.9. The third-order valence-electron chi connectivity index (χ3n) is 7.88. The number of aliphatic hydroxyl groups is 1. The van der Waals surface area contributed by atoms with Crippen LogP contribution in [0.3, 0.4) is 0 Å². The number of ether oxygens (including phenoxy) is 2. The lowest BCUT2D eigenvalue weighted by Crippen LogP contribution is -2.39. The van der Waals surface area contributed by atoms with Crippen LogP contribution in [0.4, 0.5) is 5.69 Å². The van der Waals surface area contributed by atoms with Gasteiger partial charge in [0.05, 0.1) is 6.61 Å². The number of para-hydroxylation sites is 1. The molecule has 0 radical (unpaired) electrons. The van der Waals surface area contributed by atoms with Gasteiger partial charge in [0.25, 0.3) is 0 Å². The number of nitrogens with zero attached hydrogens (tertiary/aromatic N) is 3. The van der Waals surface area contributed by atoms with E-state index in [1.165, 1.54) is 11.1 Å². The molecule has 0 saturated carbocycles. The summed E-state index contributed by atoms with van der Waals surface area (Å²) in [4.78, 5) is 12.5. The Morgan fingerprint density at radius 3 is 2.16 bits per heavy atom. The molecule has 7 heteroatoms. The summed E-state index contributed by atoms with van der Waals surface area (Å²) < 4.78 is 11.3. The number of anilines is 1. The highest BCUT2D eigenvalue weighted by Crippen LogP contribution is 2.39. The van der Waals surface area contributed by atoms with E-state index in [2.05, 4.69) is 75.9 Å². The summed E-state index contributed by atoms with van der Waals surface area (Å²) in [5.74, 6) is 1.84. The van der Waals surface area contributed by atoms with Crippen LogP contribution in [0.15, 0.2) is 94.9 Å². The maximum Gasteiger partial charge on any atom is 0.159 e. The Balaban J connectivity index is 1.56. The van der Waals surface area contributed by atoms with Gasteiger partial charge in [0.15, 0.2) is 12.0 Å². The van der Waals surface area contributed by atoms with Gasteiger partial charge >= 0.3 is 0 Å². The summed E-state index contributed by atoms with van der Waals surface area (Å²) in [5, 5.41) is 21.8. The minimum atomic E-state index is -0.767. The van der Waals surface area contributed by atoms with Gasteiger partial charge in [-0.05, 0) is 69.5 Å². The lowest BCUT2D eigenvalue weighted by atomic mass is 10.00. The second-order valence-corrected chi connectivity index (χ2v) is 11.7. The first-order chi connectivity index (χ1) is 21.7. The van der Waals surface area contributed by atoms with Crippen LogP contribution in [0.1, 0.15) is 64.9 Å². The number of phenols is 1. The SMILES string of the molecule is CCCCOCC(O)COc1ccc(C2N=C(c3ccc(C)cc3C)N=C(c3ccc(C)cc3C)N2c2ccccc2)c(O)c1. The molecule has 1 aliphatic rings. The Labute approximate surface area is 266 Å². The highest BCUT2D eigenvalue weighted by molar-refractivity contribution is 6.20. The summed E-state index contributed by atoms with van der Waals surface area (Å²) in [6.45, 7) is 11.3. The number of aryl methyl sites for hydroxylation is 4. The zero-order valence-electron chi connectivity index (χ0n) is 26.8. The van der Waals surface area contributed by atoms with Gasteiger partial charge in [-0.25, -0.2) is 9.98 Å². The van der Waals surface area contributed by atoms with Gasteiger partial charge in [0.2, 0.25) is 0 Å². The third kappa shape index (κ3) is 7.62. The van der Waals surface area contributed by atoms with Crippen LogP contribution in [-0.4, -0.2) is 47.8 Å². The molecule has 4 aromatic carbocycles. The first-order valence-corrected chi connectivity index (χ1v) is 15.6. The highest BCUT2D eigenvalue weighted by Gasteiger charge is 2.33. The molecule has 0 amide bonds. The average Bonchev–Trinajstić information content (AvgIpc) is 3.02. The second kappa shape index (κ2) is 14.5. The number of amidine groups is 2. The van der Waals surface area contributed by atoms with Crippen LogP contribution in [0.5, 0.6) is 11.5 Å². The monoisotopic (exact) mass is 605 g/mol. The van der Waals surface area contributed by atoms with Crippen LogP contribution in [0, 0.1) is 27.7 Å². The van der Waals surface area contributed by atoms with E-state index in [0.29, 0.717) is 23.8 Å². The molecule has 1 aliphatic heterocycles. The number of phenolic OH excluding ortho intramolecular Hbond substituents is 1. The largest absolute Gasteiger partial charge is 0.507 e. The molecule has 1 heterocycles. The van der Waals surface area contributed by atoms with Crippen LogP contribution in [-0.2, 0) is 4.74 Å². The van der Waals surface area contributed by atoms with Gasteiger partial charge in [-0.15, -0.1) is 0 Å². The van der Waals surface area contributed by atoms with Crippen LogP contribution in [0.25, 0.3) is 0 Å². The Morgan fingerprint density at radius 2 is 1.51 bits per heavy atom. The average molecular weight is 606 g/mol. The summed E-state index contributed by atoms with van der Waals surface area (Å²) in [5.41, 5.74) is 7.94. The molecular formula is C38H43N3O4. The number of aliphatic imine (C=N–C) groups is 2. The van der Waals surface area contributed by atoms with Gasteiger partial charge < -0.3 is 19.7 Å². The van der Waals surface area contributed by atoms with Crippen molar-refractivity contribution in [3.8, 4) is 11.5 Å². The van der Waals surface area contributed by atoms with Crippen LogP contribution >= 0.6 is 0 Å². The van der Waals surface area contributed by atoms with E-state index in [9.17, 15) is 10.2 Å². The molecule has 0 aliphatic carbocycles. The van der Waals surface area contributed by atoms with Gasteiger partial charge in [-0.1, -0.05) is 79.1 Å². The van der Waals surface area contributed by atoms with Crippen LogP contribution < -0.4 is 9.64 Å². The number of rotatable bonds is 12. The number of hydrogen-bond donors (Lipinski definition) is 2. The molecule has 7 nitrogen and oxygen atoms in total. The maximum absolute atomic E-state index is 11.5. The summed E-state index contributed by atoms with van der Waals surface area (Å²) in [7, 11) is 0. The molecule has 2 N–H and O–H groups in total. The highest BCUT2D eigenvalue weighted by atomic mass is 16.5. The van der Waals surface area contributed by atoms with E-state index in [4.69, 9.17) is 19.5 Å². The van der Waals surface area contributed by atoms with E-state index >= 15 is 0 Å². The predicted molar refractivity (Wildman–Crippen MR) is 182 cm³/mol. The number of unbranched alkanes of at least 4 members (excludes halogenated alkanes) is 1. The first kappa shape index (κ1) is 31.9. The van der Waals surface area contributed by atoms with Gasteiger partial charge in [0, 0.05) is 35.1 Å².